The van der Waals surface area contributed by atoms with Crippen molar-refractivity contribution in [2.75, 3.05) is 13.7 Å². The minimum Gasteiger partial charge on any atom is -0.493 e. The first kappa shape index (κ1) is 20.2. The number of hydrogen-bond donors (Lipinski definition) is 1. The zero-order chi connectivity index (χ0) is 20.1. The summed E-state index contributed by atoms with van der Waals surface area (Å²) in [5.41, 5.74) is 0.971. The Morgan fingerprint density at radius 2 is 2.04 bits per heavy atom. The molecule has 2 aliphatic rings. The number of carbonyl (C=O) groups is 2. The van der Waals surface area contributed by atoms with Gasteiger partial charge in [0.05, 0.1) is 13.7 Å². The number of fused-ring (bicyclic) bond motifs is 1. The van der Waals surface area contributed by atoms with Crippen molar-refractivity contribution in [3.63, 3.8) is 0 Å². The second-order valence-corrected chi connectivity index (χ2v) is 7.52. The van der Waals surface area contributed by atoms with Crippen LogP contribution in [0.25, 0.3) is 6.08 Å². The lowest BCUT2D eigenvalue weighted by Gasteiger charge is -2.34. The molecule has 1 amide bonds. The van der Waals surface area contributed by atoms with E-state index in [9.17, 15) is 9.59 Å². The van der Waals surface area contributed by atoms with Gasteiger partial charge in [-0.25, -0.2) is 4.79 Å². The average Bonchev–Trinajstić information content (AvgIpc) is 3.05. The Kier molecular flexibility index (Phi) is 6.27. The number of methoxy groups -OCH3 is 1. The van der Waals surface area contributed by atoms with Gasteiger partial charge in [-0.2, -0.15) is 0 Å². The second kappa shape index (κ2) is 8.67. The van der Waals surface area contributed by atoms with Crippen LogP contribution in [0.1, 0.15) is 57.1 Å². The van der Waals surface area contributed by atoms with E-state index in [2.05, 4.69) is 5.32 Å². The Balaban J connectivity index is 1.78. The first-order chi connectivity index (χ1) is 13.5. The van der Waals surface area contributed by atoms with Gasteiger partial charge in [-0.15, -0.1) is 0 Å². The topological polar surface area (TPSA) is 73.9 Å². The smallest absolute Gasteiger partial charge is 0.331 e. The van der Waals surface area contributed by atoms with Crippen molar-refractivity contribution in [2.24, 2.45) is 0 Å². The molecule has 0 saturated heterocycles. The van der Waals surface area contributed by atoms with Crippen LogP contribution in [0.5, 0.6) is 11.5 Å². The molecule has 1 saturated carbocycles. The summed E-state index contributed by atoms with van der Waals surface area (Å²) in [5.74, 6) is 0.867. The van der Waals surface area contributed by atoms with Crippen LogP contribution in [0.3, 0.4) is 0 Å². The summed E-state index contributed by atoms with van der Waals surface area (Å²) in [7, 11) is 1.36. The van der Waals surface area contributed by atoms with Crippen LogP contribution < -0.4 is 14.8 Å². The maximum atomic E-state index is 12.6. The maximum Gasteiger partial charge on any atom is 0.331 e. The van der Waals surface area contributed by atoms with Crippen LogP contribution in [0.4, 0.5) is 0 Å². The van der Waals surface area contributed by atoms with Gasteiger partial charge in [-0.3, -0.25) is 4.79 Å². The van der Waals surface area contributed by atoms with Crippen molar-refractivity contribution in [3.8, 4) is 11.5 Å². The standard InChI is InChI=1S/C22H29NO5/c1-4-27-18-14-17-12-15(2)28-19(17)13-16(18)8-9-20(24)23-22(21(25)26-3)10-6-5-7-11-22/h8-9,13-15H,4-7,10-12H2,1-3H3,(H,23,24)/b9-8+. The Bertz CT molecular complexity index is 764. The summed E-state index contributed by atoms with van der Waals surface area (Å²) in [6.07, 6.45) is 8.21. The number of esters is 1. The molecule has 1 aliphatic carbocycles. The SMILES string of the molecule is CCOc1cc2c(cc1/C=C/C(=O)NC1(C(=O)OC)CCCCC1)OC(C)C2. The molecule has 152 valence electrons. The van der Waals surface area contributed by atoms with Crippen molar-refractivity contribution >= 4 is 18.0 Å². The van der Waals surface area contributed by atoms with E-state index >= 15 is 0 Å². The normalized spacial score (nSPS) is 20.3. The molecule has 1 aliphatic heterocycles. The number of benzene rings is 1. The summed E-state index contributed by atoms with van der Waals surface area (Å²) in [5, 5.41) is 2.89. The average molecular weight is 387 g/mol. The summed E-state index contributed by atoms with van der Waals surface area (Å²) in [6, 6.07) is 3.89. The Morgan fingerprint density at radius 1 is 1.29 bits per heavy atom. The third-order valence-corrected chi connectivity index (χ3v) is 5.39. The van der Waals surface area contributed by atoms with Gasteiger partial charge in [-0.05, 0) is 44.9 Å². The van der Waals surface area contributed by atoms with Gasteiger partial charge in [0.15, 0.2) is 0 Å². The minimum atomic E-state index is -0.923. The van der Waals surface area contributed by atoms with Crippen LogP contribution >= 0.6 is 0 Å². The minimum absolute atomic E-state index is 0.137. The lowest BCUT2D eigenvalue weighted by Crippen LogP contribution is -2.55. The summed E-state index contributed by atoms with van der Waals surface area (Å²) in [6.45, 7) is 4.49. The molecule has 6 nitrogen and oxygen atoms in total. The molecule has 1 heterocycles. The highest BCUT2D eigenvalue weighted by molar-refractivity contribution is 5.96. The molecule has 1 aromatic carbocycles. The summed E-state index contributed by atoms with van der Waals surface area (Å²) < 4.78 is 16.5. The predicted octanol–water partition coefficient (Wildman–Crippen LogP) is 3.41. The number of hydrogen-bond acceptors (Lipinski definition) is 5. The highest BCUT2D eigenvalue weighted by Gasteiger charge is 2.41. The van der Waals surface area contributed by atoms with Crippen LogP contribution in [0.2, 0.25) is 0 Å². The molecule has 1 N–H and O–H groups in total. The molecule has 1 unspecified atom stereocenters. The molecular formula is C22H29NO5. The molecule has 6 heteroatoms. The Morgan fingerprint density at radius 3 is 2.71 bits per heavy atom. The van der Waals surface area contributed by atoms with Gasteiger partial charge in [0.2, 0.25) is 5.91 Å². The molecule has 28 heavy (non-hydrogen) atoms. The molecule has 1 aromatic rings. The largest absolute Gasteiger partial charge is 0.493 e. The third-order valence-electron chi connectivity index (χ3n) is 5.39. The van der Waals surface area contributed by atoms with E-state index in [0.29, 0.717) is 19.4 Å². The highest BCUT2D eigenvalue weighted by Crippen LogP contribution is 2.36. The molecule has 3 rings (SSSR count). The number of rotatable bonds is 6. The number of ether oxygens (including phenoxy) is 3. The van der Waals surface area contributed by atoms with Gasteiger partial charge in [-0.1, -0.05) is 19.3 Å². The van der Waals surface area contributed by atoms with Crippen molar-refractivity contribution in [1.82, 2.24) is 5.32 Å². The van der Waals surface area contributed by atoms with Crippen molar-refractivity contribution in [2.45, 2.75) is 64.0 Å². The first-order valence-electron chi connectivity index (χ1n) is 10.0. The van der Waals surface area contributed by atoms with Crippen molar-refractivity contribution < 1.29 is 23.8 Å². The summed E-state index contributed by atoms with van der Waals surface area (Å²) in [4.78, 5) is 24.9. The zero-order valence-corrected chi connectivity index (χ0v) is 16.9. The fourth-order valence-corrected chi connectivity index (χ4v) is 4.04. The molecule has 1 atom stereocenters. The lowest BCUT2D eigenvalue weighted by molar-refractivity contribution is -0.152. The van der Waals surface area contributed by atoms with Gasteiger partial charge in [0.1, 0.15) is 23.1 Å². The van der Waals surface area contributed by atoms with Crippen LogP contribution in [-0.4, -0.2) is 37.2 Å². The van der Waals surface area contributed by atoms with E-state index < -0.39 is 5.54 Å². The van der Waals surface area contributed by atoms with Gasteiger partial charge < -0.3 is 19.5 Å². The van der Waals surface area contributed by atoms with Gasteiger partial charge >= 0.3 is 5.97 Å². The van der Waals surface area contributed by atoms with Gasteiger partial charge in [0.25, 0.3) is 0 Å². The van der Waals surface area contributed by atoms with Crippen LogP contribution in [-0.2, 0) is 20.7 Å². The Labute approximate surface area is 166 Å². The molecule has 0 aromatic heterocycles. The monoisotopic (exact) mass is 387 g/mol. The molecule has 1 fully saturated rings. The van der Waals surface area contributed by atoms with E-state index in [1.165, 1.54) is 13.2 Å². The molecule has 0 spiro atoms. The number of nitrogens with one attached hydrogen (secondary N) is 1. The van der Waals surface area contributed by atoms with Crippen LogP contribution in [0, 0.1) is 0 Å². The molecule has 0 radical (unpaired) electrons. The summed E-state index contributed by atoms with van der Waals surface area (Å²) >= 11 is 0. The number of amides is 1. The fraction of sp³-hybridized carbons (Fsp3) is 0.545. The van der Waals surface area contributed by atoms with Crippen molar-refractivity contribution in [3.05, 3.63) is 29.3 Å². The Hall–Kier alpha value is -2.50. The van der Waals surface area contributed by atoms with E-state index in [4.69, 9.17) is 14.2 Å². The quantitative estimate of drug-likeness (QED) is 0.598. The second-order valence-electron chi connectivity index (χ2n) is 7.52. The van der Waals surface area contributed by atoms with Crippen LogP contribution in [0.15, 0.2) is 18.2 Å². The first-order valence-corrected chi connectivity index (χ1v) is 10.0. The van der Waals surface area contributed by atoms with Gasteiger partial charge in [0, 0.05) is 23.6 Å². The highest BCUT2D eigenvalue weighted by atomic mass is 16.5. The molecular weight excluding hydrogens is 358 g/mol. The van der Waals surface area contributed by atoms with E-state index in [0.717, 1.165) is 48.3 Å². The zero-order valence-electron chi connectivity index (χ0n) is 16.9. The van der Waals surface area contributed by atoms with E-state index in [1.807, 2.05) is 26.0 Å². The van der Waals surface area contributed by atoms with Crippen molar-refractivity contribution in [1.29, 1.82) is 0 Å². The third kappa shape index (κ3) is 4.32. The lowest BCUT2D eigenvalue weighted by atomic mass is 9.81. The van der Waals surface area contributed by atoms with E-state index in [-0.39, 0.29) is 18.0 Å². The maximum absolute atomic E-state index is 12.6. The van der Waals surface area contributed by atoms with E-state index in [1.54, 1.807) is 6.08 Å². The predicted molar refractivity (Wildman–Crippen MR) is 106 cm³/mol. The fourth-order valence-electron chi connectivity index (χ4n) is 4.04. The number of carbonyl (C=O) groups excluding carboxylic acids is 2. The molecule has 0 bridgehead atoms.